The minimum Gasteiger partial charge on any atom is -0.207 e. The van der Waals surface area contributed by atoms with Crippen molar-refractivity contribution >= 4 is 44.7 Å². The summed E-state index contributed by atoms with van der Waals surface area (Å²) in [5.74, 6) is 0. The molecule has 0 fully saturated rings. The van der Waals surface area contributed by atoms with Crippen molar-refractivity contribution in [2.75, 3.05) is 0 Å². The van der Waals surface area contributed by atoms with E-state index in [9.17, 15) is 21.6 Å². The number of sulfonamides is 1. The predicted molar refractivity (Wildman–Crippen MR) is 109 cm³/mol. The van der Waals surface area contributed by atoms with Crippen molar-refractivity contribution < 1.29 is 21.6 Å². The number of fused-ring (bicyclic) bond motifs is 1. The highest BCUT2D eigenvalue weighted by Crippen LogP contribution is 2.45. The first-order valence-electron chi connectivity index (χ1n) is 8.41. The molecule has 3 rings (SSSR count). The van der Waals surface area contributed by atoms with E-state index in [4.69, 9.17) is 11.6 Å². The smallest absolute Gasteiger partial charge is 0.207 e. The van der Waals surface area contributed by atoms with Crippen molar-refractivity contribution in [3.63, 3.8) is 0 Å². The first-order chi connectivity index (χ1) is 13.3. The van der Waals surface area contributed by atoms with Gasteiger partial charge in [0.15, 0.2) is 0 Å². The van der Waals surface area contributed by atoms with Crippen LogP contribution in [0.1, 0.15) is 31.9 Å². The summed E-state index contributed by atoms with van der Waals surface area (Å²) in [6, 6.07) is 6.25. The number of isothiocyanates is 1. The van der Waals surface area contributed by atoms with Crippen LogP contribution in [-0.2, 0) is 22.7 Å². The summed E-state index contributed by atoms with van der Waals surface area (Å²) in [6.07, 6.45) is -4.73. The highest BCUT2D eigenvalue weighted by molar-refractivity contribution is 7.89. The Labute approximate surface area is 177 Å². The van der Waals surface area contributed by atoms with Gasteiger partial charge in [-0.3, -0.25) is 0 Å². The third kappa shape index (κ3) is 3.98. The second-order valence-corrected chi connectivity index (χ2v) is 9.98. The molecule has 154 valence electrons. The average Bonchev–Trinajstić information content (AvgIpc) is 2.85. The quantitative estimate of drug-likeness (QED) is 0.404. The molecule has 0 unspecified atom stereocenters. The number of alkyl halides is 3. The van der Waals surface area contributed by atoms with E-state index in [0.29, 0.717) is 5.56 Å². The van der Waals surface area contributed by atoms with Crippen LogP contribution in [0.4, 0.5) is 18.9 Å². The zero-order valence-corrected chi connectivity index (χ0v) is 18.0. The van der Waals surface area contributed by atoms with Crippen LogP contribution in [0.25, 0.3) is 11.1 Å². The maximum atomic E-state index is 13.7. The molecule has 0 amide bonds. The Bertz CT molecular complexity index is 1150. The SMILES string of the molecule is CC(C)(C)N1Cc2ccc(-c3c(Cl)cc(N=C=S)cc3C(F)(F)F)cc2S1(=O)=O. The highest BCUT2D eigenvalue weighted by atomic mass is 35.5. The molecule has 1 aliphatic heterocycles. The Kier molecular flexibility index (Phi) is 5.43. The molecule has 0 spiro atoms. The fourth-order valence-electron chi connectivity index (χ4n) is 3.26. The summed E-state index contributed by atoms with van der Waals surface area (Å²) in [4.78, 5) is 3.55. The number of rotatable bonds is 2. The summed E-state index contributed by atoms with van der Waals surface area (Å²) in [5.41, 5.74) is -1.53. The number of thiocarbonyl (C=S) groups is 1. The third-order valence-corrected chi connectivity index (χ3v) is 7.12. The molecule has 0 aliphatic carbocycles. The fraction of sp³-hybridized carbons (Fsp3) is 0.316. The van der Waals surface area contributed by atoms with Gasteiger partial charge in [-0.2, -0.15) is 22.5 Å². The molecule has 1 aliphatic rings. The molecule has 0 bridgehead atoms. The zero-order valence-electron chi connectivity index (χ0n) is 15.6. The van der Waals surface area contributed by atoms with E-state index >= 15 is 0 Å². The van der Waals surface area contributed by atoms with Crippen LogP contribution in [0.2, 0.25) is 5.02 Å². The van der Waals surface area contributed by atoms with Gasteiger partial charge in [0.05, 0.1) is 26.3 Å². The van der Waals surface area contributed by atoms with Gasteiger partial charge < -0.3 is 0 Å². The number of hydrogen-bond acceptors (Lipinski definition) is 4. The minimum atomic E-state index is -4.73. The van der Waals surface area contributed by atoms with E-state index in [2.05, 4.69) is 17.2 Å². The van der Waals surface area contributed by atoms with Crippen LogP contribution in [0.15, 0.2) is 40.2 Å². The lowest BCUT2D eigenvalue weighted by atomic mass is 9.97. The highest BCUT2D eigenvalue weighted by Gasteiger charge is 2.42. The van der Waals surface area contributed by atoms with E-state index in [1.54, 1.807) is 20.8 Å². The zero-order chi connectivity index (χ0) is 21.8. The summed E-state index contributed by atoms with van der Waals surface area (Å²) < 4.78 is 68.3. The van der Waals surface area contributed by atoms with Gasteiger partial charge >= 0.3 is 6.18 Å². The van der Waals surface area contributed by atoms with Crippen molar-refractivity contribution in [2.45, 2.75) is 43.9 Å². The molecule has 2 aromatic rings. The summed E-state index contributed by atoms with van der Waals surface area (Å²) in [7, 11) is -3.85. The van der Waals surface area contributed by atoms with Gasteiger partial charge in [-0.1, -0.05) is 23.7 Å². The molecular weight excluding hydrogens is 445 g/mol. The second kappa shape index (κ2) is 7.18. The lowest BCUT2D eigenvalue weighted by Gasteiger charge is -2.29. The van der Waals surface area contributed by atoms with Crippen LogP contribution in [-0.4, -0.2) is 23.4 Å². The fourth-order valence-corrected chi connectivity index (χ4v) is 5.70. The standard InChI is InChI=1S/C19H16ClF3N2O2S2/c1-18(2,3)25-9-12-5-4-11(6-16(12)29(25,26)27)17-14(19(21,22)23)7-13(24-10-28)8-15(17)20/h4-8H,9H2,1-3H3. The molecule has 0 saturated carbocycles. The van der Waals surface area contributed by atoms with E-state index in [1.807, 2.05) is 5.16 Å². The van der Waals surface area contributed by atoms with E-state index < -0.39 is 27.3 Å². The van der Waals surface area contributed by atoms with Crippen molar-refractivity contribution in [1.29, 1.82) is 0 Å². The minimum absolute atomic E-state index is 0.0184. The molecular formula is C19H16ClF3N2O2S2. The monoisotopic (exact) mass is 460 g/mol. The van der Waals surface area contributed by atoms with Crippen LogP contribution >= 0.6 is 23.8 Å². The van der Waals surface area contributed by atoms with Gasteiger partial charge in [-0.05, 0) is 62.3 Å². The third-order valence-electron chi connectivity index (χ3n) is 4.54. The van der Waals surface area contributed by atoms with Crippen LogP contribution in [0.5, 0.6) is 0 Å². The molecule has 29 heavy (non-hydrogen) atoms. The molecule has 0 saturated heterocycles. The summed E-state index contributed by atoms with van der Waals surface area (Å²) >= 11 is 10.6. The largest absolute Gasteiger partial charge is 0.417 e. The Morgan fingerprint density at radius 2 is 1.83 bits per heavy atom. The van der Waals surface area contributed by atoms with Crippen molar-refractivity contribution in [3.8, 4) is 11.1 Å². The first-order valence-corrected chi connectivity index (χ1v) is 10.6. The first kappa shape index (κ1) is 21.9. The molecule has 4 nitrogen and oxygen atoms in total. The van der Waals surface area contributed by atoms with Crippen LogP contribution < -0.4 is 0 Å². The number of hydrogen-bond donors (Lipinski definition) is 0. The number of nitrogens with zero attached hydrogens (tertiary/aromatic N) is 2. The lowest BCUT2D eigenvalue weighted by molar-refractivity contribution is -0.137. The van der Waals surface area contributed by atoms with Crippen molar-refractivity contribution in [2.24, 2.45) is 4.99 Å². The Hall–Kier alpha value is -1.77. The summed E-state index contributed by atoms with van der Waals surface area (Å²) in [5, 5.41) is 1.79. The number of benzene rings is 2. The molecule has 10 heteroatoms. The van der Waals surface area contributed by atoms with Gasteiger partial charge in [0, 0.05) is 17.6 Å². The maximum absolute atomic E-state index is 13.7. The van der Waals surface area contributed by atoms with Crippen molar-refractivity contribution in [1.82, 2.24) is 4.31 Å². The molecule has 1 heterocycles. The average molecular weight is 461 g/mol. The van der Waals surface area contributed by atoms with Gasteiger partial charge in [0.2, 0.25) is 10.0 Å². The molecule has 0 aromatic heterocycles. The van der Waals surface area contributed by atoms with Crippen LogP contribution in [0.3, 0.4) is 0 Å². The maximum Gasteiger partial charge on any atom is 0.417 e. The number of aliphatic imine (C=N–C) groups is 1. The lowest BCUT2D eigenvalue weighted by Crippen LogP contribution is -2.41. The summed E-state index contributed by atoms with van der Waals surface area (Å²) in [6.45, 7) is 5.42. The number of halogens is 4. The van der Waals surface area contributed by atoms with Crippen LogP contribution in [0, 0.1) is 0 Å². The van der Waals surface area contributed by atoms with E-state index in [0.717, 1.165) is 6.07 Å². The van der Waals surface area contributed by atoms with Gasteiger partial charge in [0.1, 0.15) is 0 Å². The normalized spacial score (nSPS) is 16.4. The molecule has 0 radical (unpaired) electrons. The van der Waals surface area contributed by atoms with Gasteiger partial charge in [-0.25, -0.2) is 8.42 Å². The van der Waals surface area contributed by atoms with Gasteiger partial charge in [0.25, 0.3) is 0 Å². The van der Waals surface area contributed by atoms with E-state index in [-0.39, 0.29) is 33.3 Å². The predicted octanol–water partition coefficient (Wildman–Crippen LogP) is 6.06. The van der Waals surface area contributed by atoms with E-state index in [1.165, 1.54) is 28.6 Å². The molecule has 0 N–H and O–H groups in total. The van der Waals surface area contributed by atoms with Gasteiger partial charge in [-0.15, -0.1) is 0 Å². The van der Waals surface area contributed by atoms with Crippen molar-refractivity contribution in [3.05, 3.63) is 46.5 Å². The Morgan fingerprint density at radius 1 is 1.17 bits per heavy atom. The molecule has 2 aromatic carbocycles. The Morgan fingerprint density at radius 3 is 2.38 bits per heavy atom. The topological polar surface area (TPSA) is 49.7 Å². The Balaban J connectivity index is 2.25. The molecule has 0 atom stereocenters. The second-order valence-electron chi connectivity index (χ2n) is 7.56.